The van der Waals surface area contributed by atoms with Crippen LogP contribution < -0.4 is 0 Å². The van der Waals surface area contributed by atoms with Gasteiger partial charge in [0, 0.05) is 48.2 Å². The van der Waals surface area contributed by atoms with Gasteiger partial charge in [0.15, 0.2) is 5.82 Å². The van der Waals surface area contributed by atoms with Crippen molar-refractivity contribution in [2.24, 2.45) is 0 Å². The molecule has 0 saturated heterocycles. The molecule has 3 nitrogen and oxygen atoms in total. The second-order valence-electron chi connectivity index (χ2n) is 16.6. The molecule has 2 aromatic heterocycles. The van der Waals surface area contributed by atoms with Crippen molar-refractivity contribution in [1.82, 2.24) is 15.0 Å². The van der Waals surface area contributed by atoms with Crippen LogP contribution in [-0.4, -0.2) is 15.0 Å². The second kappa shape index (κ2) is 14.6. The van der Waals surface area contributed by atoms with E-state index in [-0.39, 0.29) is 0 Å². The first-order valence-corrected chi connectivity index (χ1v) is 22.6. The topological polar surface area (TPSA) is 38.7 Å². The first kappa shape index (κ1) is 36.7. The highest BCUT2D eigenvalue weighted by Gasteiger charge is 2.50. The molecule has 1 spiro atoms. The molecule has 0 unspecified atom stereocenters. The van der Waals surface area contributed by atoms with Gasteiger partial charge in [0.2, 0.25) is 0 Å². The molecule has 298 valence electrons. The monoisotopic (exact) mass is 831 g/mol. The van der Waals surface area contributed by atoms with Crippen molar-refractivity contribution < 1.29 is 0 Å². The molecule has 0 bridgehead atoms. The van der Waals surface area contributed by atoms with E-state index in [1.54, 1.807) is 0 Å². The molecular formula is C60H37N3S. The summed E-state index contributed by atoms with van der Waals surface area (Å²) < 4.78 is 0. The zero-order chi connectivity index (χ0) is 42.2. The van der Waals surface area contributed by atoms with E-state index in [4.69, 9.17) is 15.0 Å². The summed E-state index contributed by atoms with van der Waals surface area (Å²) >= 11 is 1.90. The van der Waals surface area contributed by atoms with Crippen LogP contribution in [0.15, 0.2) is 234 Å². The lowest BCUT2D eigenvalue weighted by Crippen LogP contribution is -2.32. The lowest BCUT2D eigenvalue weighted by molar-refractivity contribution is 0.726. The Morgan fingerprint density at radius 2 is 0.906 bits per heavy atom. The van der Waals surface area contributed by atoms with E-state index in [2.05, 4.69) is 188 Å². The van der Waals surface area contributed by atoms with Crippen molar-refractivity contribution in [2.45, 2.75) is 15.2 Å². The fourth-order valence-electron chi connectivity index (χ4n) is 10.3. The Labute approximate surface area is 375 Å². The van der Waals surface area contributed by atoms with Crippen LogP contribution >= 0.6 is 11.8 Å². The molecule has 1 aliphatic carbocycles. The van der Waals surface area contributed by atoms with Gasteiger partial charge in [-0.3, -0.25) is 0 Å². The van der Waals surface area contributed by atoms with E-state index < -0.39 is 5.41 Å². The number of fused-ring (bicyclic) bond motifs is 13. The van der Waals surface area contributed by atoms with Crippen LogP contribution in [0, 0.1) is 0 Å². The SMILES string of the molecule is c1ccc(-c2cc(-c3ccc(-c4cccc(-c5nc6ccccc6c6c7c(ccc56)C5(c6ccccc6S7)c6ccccc6-c6ccccc65)c4)cc3)nc(-c3ccccc3)n2)cc1. The molecule has 11 aromatic rings. The number of para-hydroxylation sites is 1. The number of pyridine rings is 1. The Morgan fingerprint density at radius 3 is 1.64 bits per heavy atom. The number of nitrogens with zero attached hydrogens (tertiary/aromatic N) is 3. The fraction of sp³-hybridized carbons (Fsp3) is 0.0167. The molecule has 64 heavy (non-hydrogen) atoms. The molecule has 1 aliphatic heterocycles. The predicted octanol–water partition coefficient (Wildman–Crippen LogP) is 15.3. The molecule has 2 aliphatic rings. The Bertz CT molecular complexity index is 3530. The normalized spacial score (nSPS) is 13.1. The molecule has 13 rings (SSSR count). The Balaban J connectivity index is 0.953. The molecular weight excluding hydrogens is 795 g/mol. The van der Waals surface area contributed by atoms with Crippen molar-refractivity contribution in [3.05, 3.63) is 247 Å². The first-order valence-electron chi connectivity index (χ1n) is 21.8. The van der Waals surface area contributed by atoms with E-state index in [0.29, 0.717) is 5.82 Å². The van der Waals surface area contributed by atoms with Crippen molar-refractivity contribution in [3.63, 3.8) is 0 Å². The maximum Gasteiger partial charge on any atom is 0.160 e. The summed E-state index contributed by atoms with van der Waals surface area (Å²) in [6.07, 6.45) is 0. The molecule has 0 amide bonds. The number of aromatic nitrogens is 3. The second-order valence-corrected chi connectivity index (χ2v) is 17.7. The smallest absolute Gasteiger partial charge is 0.160 e. The van der Waals surface area contributed by atoms with Crippen LogP contribution in [0.3, 0.4) is 0 Å². The largest absolute Gasteiger partial charge is 0.247 e. The Kier molecular flexibility index (Phi) is 8.37. The summed E-state index contributed by atoms with van der Waals surface area (Å²) in [5, 5.41) is 3.57. The average molecular weight is 832 g/mol. The van der Waals surface area contributed by atoms with Crippen molar-refractivity contribution >= 4 is 33.4 Å². The van der Waals surface area contributed by atoms with Crippen LogP contribution in [0.2, 0.25) is 0 Å². The Morgan fingerprint density at radius 1 is 0.344 bits per heavy atom. The number of rotatable bonds is 5. The highest BCUT2D eigenvalue weighted by molar-refractivity contribution is 7.99. The van der Waals surface area contributed by atoms with Gasteiger partial charge in [0.1, 0.15) is 0 Å². The lowest BCUT2D eigenvalue weighted by Gasteiger charge is -2.40. The average Bonchev–Trinajstić information content (AvgIpc) is 3.67. The van der Waals surface area contributed by atoms with Gasteiger partial charge >= 0.3 is 0 Å². The third kappa shape index (κ3) is 5.59. The van der Waals surface area contributed by atoms with Crippen LogP contribution in [0.5, 0.6) is 0 Å². The van der Waals surface area contributed by atoms with Crippen LogP contribution in [0.1, 0.15) is 22.3 Å². The molecule has 4 heteroatoms. The Hall–Kier alpha value is -7.92. The predicted molar refractivity (Wildman–Crippen MR) is 263 cm³/mol. The van der Waals surface area contributed by atoms with Crippen LogP contribution in [-0.2, 0) is 5.41 Å². The summed E-state index contributed by atoms with van der Waals surface area (Å²) in [7, 11) is 0. The number of benzene rings is 9. The summed E-state index contributed by atoms with van der Waals surface area (Å²) in [4.78, 5) is 18.1. The zero-order valence-electron chi connectivity index (χ0n) is 34.6. The fourth-order valence-corrected chi connectivity index (χ4v) is 11.7. The minimum absolute atomic E-state index is 0.451. The molecule has 0 N–H and O–H groups in total. The number of hydrogen-bond acceptors (Lipinski definition) is 4. The van der Waals surface area contributed by atoms with Crippen molar-refractivity contribution in [3.8, 4) is 67.4 Å². The zero-order valence-corrected chi connectivity index (χ0v) is 35.4. The highest BCUT2D eigenvalue weighted by atomic mass is 32.2. The van der Waals surface area contributed by atoms with Crippen LogP contribution in [0.4, 0.5) is 0 Å². The van der Waals surface area contributed by atoms with Crippen molar-refractivity contribution in [1.29, 1.82) is 0 Å². The standard InChI is InChI=1S/C60H37N3S/c1-3-16-39(17-4-1)53-37-54(63-59(62-53)41-18-5-2-6-19-41)40-32-30-38(31-33-40)42-20-15-21-43(36-42)57-47-34-35-51-58(56(47)46-24-9-13-28-52(46)61-57)64-55-29-14-12-27-50(55)60(51)48-25-10-7-22-44(48)45-23-8-11-26-49(45)60/h1-37H. The van der Waals surface area contributed by atoms with Gasteiger partial charge in [-0.1, -0.05) is 212 Å². The summed E-state index contributed by atoms with van der Waals surface area (Å²) in [6, 6.07) is 80.8. The third-order valence-corrected chi connectivity index (χ3v) is 14.4. The molecule has 0 fully saturated rings. The maximum atomic E-state index is 5.46. The first-order chi connectivity index (χ1) is 31.7. The molecule has 0 atom stereocenters. The van der Waals surface area contributed by atoms with E-state index >= 15 is 0 Å². The lowest BCUT2D eigenvalue weighted by atomic mass is 9.67. The minimum atomic E-state index is -0.451. The van der Waals surface area contributed by atoms with Crippen molar-refractivity contribution in [2.75, 3.05) is 0 Å². The van der Waals surface area contributed by atoms with Gasteiger partial charge in [-0.05, 0) is 68.8 Å². The van der Waals surface area contributed by atoms with E-state index in [0.717, 1.165) is 61.4 Å². The van der Waals surface area contributed by atoms with E-state index in [1.165, 1.54) is 53.9 Å². The molecule has 3 heterocycles. The van der Waals surface area contributed by atoms with Gasteiger partial charge < -0.3 is 0 Å². The maximum absolute atomic E-state index is 5.46. The van der Waals surface area contributed by atoms with Gasteiger partial charge in [0.05, 0.1) is 28.0 Å². The van der Waals surface area contributed by atoms with Gasteiger partial charge in [-0.25, -0.2) is 15.0 Å². The summed E-state index contributed by atoms with van der Waals surface area (Å²) in [6.45, 7) is 0. The van der Waals surface area contributed by atoms with E-state index in [9.17, 15) is 0 Å². The molecule has 0 radical (unpaired) electrons. The van der Waals surface area contributed by atoms with E-state index in [1.807, 2.05) is 48.2 Å². The van der Waals surface area contributed by atoms with Gasteiger partial charge in [-0.2, -0.15) is 0 Å². The minimum Gasteiger partial charge on any atom is -0.247 e. The van der Waals surface area contributed by atoms with Gasteiger partial charge in [0.25, 0.3) is 0 Å². The summed E-state index contributed by atoms with van der Waals surface area (Å²) in [5.41, 5.74) is 17.7. The summed E-state index contributed by atoms with van der Waals surface area (Å²) in [5.74, 6) is 0.709. The van der Waals surface area contributed by atoms with Gasteiger partial charge in [-0.15, -0.1) is 0 Å². The van der Waals surface area contributed by atoms with Crippen LogP contribution in [0.25, 0.3) is 89.1 Å². The quantitative estimate of drug-likeness (QED) is 0.162. The molecule has 0 saturated carbocycles. The number of hydrogen-bond donors (Lipinski definition) is 0. The molecule has 9 aromatic carbocycles. The third-order valence-electron chi connectivity index (χ3n) is 13.2. The highest BCUT2D eigenvalue weighted by Crippen LogP contribution is 2.63.